The fraction of sp³-hybridized carbons (Fsp3) is 0.143. The fourth-order valence-corrected chi connectivity index (χ4v) is 7.05. The number of rotatable bonds is 7. The number of nitrogens with zero attached hydrogens (tertiary/aromatic N) is 1. The van der Waals surface area contributed by atoms with Gasteiger partial charge in [-0.1, -0.05) is 115 Å². The van der Waals surface area contributed by atoms with Gasteiger partial charge >= 0.3 is 0 Å². The van der Waals surface area contributed by atoms with Crippen molar-refractivity contribution in [2.24, 2.45) is 0 Å². The molecule has 44 heavy (non-hydrogen) atoms. The van der Waals surface area contributed by atoms with Gasteiger partial charge in [0.15, 0.2) is 0 Å². The van der Waals surface area contributed by atoms with Crippen molar-refractivity contribution in [3.05, 3.63) is 191 Å². The first-order valence-corrected chi connectivity index (χ1v) is 15.6. The molecule has 0 aliphatic carbocycles. The quantitative estimate of drug-likeness (QED) is 0.205. The molecule has 1 N–H and O–H groups in total. The van der Waals surface area contributed by atoms with E-state index in [1.54, 1.807) is 0 Å². The molecule has 1 aliphatic rings. The fourth-order valence-electron chi connectivity index (χ4n) is 7.05. The van der Waals surface area contributed by atoms with Gasteiger partial charge in [0, 0.05) is 40.6 Å². The molecule has 216 valence electrons. The lowest BCUT2D eigenvalue weighted by Gasteiger charge is -2.48. The van der Waals surface area contributed by atoms with E-state index in [4.69, 9.17) is 0 Å². The zero-order valence-electron chi connectivity index (χ0n) is 25.4. The number of fused-ring (bicyclic) bond motifs is 1. The van der Waals surface area contributed by atoms with E-state index < -0.39 is 0 Å². The Labute approximate surface area is 261 Å². The summed E-state index contributed by atoms with van der Waals surface area (Å²) in [6.07, 6.45) is 0.937. The molecule has 0 bridgehead atoms. The summed E-state index contributed by atoms with van der Waals surface area (Å²) in [7, 11) is 0. The number of anilines is 4. The van der Waals surface area contributed by atoms with Crippen LogP contribution in [-0.2, 0) is 6.42 Å². The van der Waals surface area contributed by atoms with E-state index in [0.29, 0.717) is 0 Å². The summed E-state index contributed by atoms with van der Waals surface area (Å²) in [5.74, 6) is 0.416. The van der Waals surface area contributed by atoms with Gasteiger partial charge in [-0.15, -0.1) is 0 Å². The highest BCUT2D eigenvalue weighted by atomic mass is 15.2. The van der Waals surface area contributed by atoms with Crippen molar-refractivity contribution in [2.45, 2.75) is 38.1 Å². The van der Waals surface area contributed by atoms with Crippen LogP contribution in [0.3, 0.4) is 0 Å². The molecule has 2 heteroatoms. The Balaban J connectivity index is 1.39. The maximum atomic E-state index is 3.60. The monoisotopic (exact) mass is 570 g/mol. The van der Waals surface area contributed by atoms with Crippen molar-refractivity contribution in [3.8, 4) is 0 Å². The summed E-state index contributed by atoms with van der Waals surface area (Å²) in [6, 6.07) is 58.1. The smallest absolute Gasteiger partial charge is 0.0460 e. The first-order chi connectivity index (χ1) is 21.6. The molecule has 1 heterocycles. The van der Waals surface area contributed by atoms with E-state index in [1.807, 2.05) is 0 Å². The van der Waals surface area contributed by atoms with Crippen LogP contribution in [0.1, 0.15) is 45.2 Å². The Morgan fingerprint density at radius 1 is 0.545 bits per heavy atom. The highest BCUT2D eigenvalue weighted by Gasteiger charge is 2.43. The van der Waals surface area contributed by atoms with Crippen LogP contribution in [0.2, 0.25) is 0 Å². The molecule has 1 aliphatic heterocycles. The third-order valence-electron chi connectivity index (χ3n) is 8.97. The minimum atomic E-state index is 0.191. The predicted molar refractivity (Wildman–Crippen MR) is 186 cm³/mol. The first kappa shape index (κ1) is 27.7. The molecule has 0 aromatic heterocycles. The second-order valence-corrected chi connectivity index (χ2v) is 12.1. The molecule has 6 aromatic carbocycles. The van der Waals surface area contributed by atoms with Crippen LogP contribution in [0.4, 0.5) is 22.7 Å². The maximum absolute atomic E-state index is 3.60. The third-order valence-corrected chi connectivity index (χ3v) is 8.97. The van der Waals surface area contributed by atoms with Crippen LogP contribution in [0.5, 0.6) is 0 Å². The van der Waals surface area contributed by atoms with Crippen LogP contribution < -0.4 is 10.2 Å². The molecule has 0 unspecified atom stereocenters. The molecule has 0 saturated carbocycles. The normalized spacial score (nSPS) is 17.6. The number of hydrogen-bond acceptors (Lipinski definition) is 2. The Kier molecular flexibility index (Phi) is 7.73. The molecule has 0 fully saturated rings. The highest BCUT2D eigenvalue weighted by Crippen LogP contribution is 2.53. The number of aryl methyl sites for hydroxylation is 2. The molecule has 6 aromatic rings. The summed E-state index contributed by atoms with van der Waals surface area (Å²) in [4.78, 5) is 2.62. The summed E-state index contributed by atoms with van der Waals surface area (Å²) in [5, 5.41) is 3.60. The molecule has 0 spiro atoms. The summed E-state index contributed by atoms with van der Waals surface area (Å²) in [5.41, 5.74) is 12.7. The average molecular weight is 571 g/mol. The van der Waals surface area contributed by atoms with Gasteiger partial charge in [-0.05, 0) is 96.1 Å². The molecule has 0 radical (unpaired) electrons. The number of para-hydroxylation sites is 1. The van der Waals surface area contributed by atoms with E-state index in [0.717, 1.165) is 17.8 Å². The maximum Gasteiger partial charge on any atom is 0.0460 e. The van der Waals surface area contributed by atoms with Crippen LogP contribution in [0, 0.1) is 13.8 Å². The lowest BCUT2D eigenvalue weighted by molar-refractivity contribution is 0.454. The zero-order valence-corrected chi connectivity index (χ0v) is 25.4. The number of hydrogen-bond donors (Lipinski definition) is 1. The van der Waals surface area contributed by atoms with Crippen LogP contribution in [0.25, 0.3) is 0 Å². The summed E-state index contributed by atoms with van der Waals surface area (Å²) >= 11 is 0. The minimum absolute atomic E-state index is 0.191. The summed E-state index contributed by atoms with van der Waals surface area (Å²) in [6.45, 7) is 4.32. The van der Waals surface area contributed by atoms with Gasteiger partial charge in [0.1, 0.15) is 0 Å². The molecule has 2 nitrogen and oxygen atoms in total. The Morgan fingerprint density at radius 3 is 1.93 bits per heavy atom. The van der Waals surface area contributed by atoms with Gasteiger partial charge in [-0.25, -0.2) is 0 Å². The molecule has 0 saturated heterocycles. The van der Waals surface area contributed by atoms with Crippen LogP contribution in [-0.4, -0.2) is 6.04 Å². The first-order valence-electron chi connectivity index (χ1n) is 15.6. The van der Waals surface area contributed by atoms with Gasteiger partial charge in [-0.3, -0.25) is 0 Å². The number of nitrogens with one attached hydrogen (secondary N) is 1. The molecular weight excluding hydrogens is 532 g/mol. The van der Waals surface area contributed by atoms with Gasteiger partial charge in [0.05, 0.1) is 0 Å². The standard InChI is InChI=1S/C42H38N2/c1-30-13-11-19-36(27-30)43-35-25-23-34(24-26-35)41-38-21-9-10-22-39(38)44(37-20-12-14-31(2)28-37)40(29-32-15-5-3-6-16-32)42(41)33-17-7-4-8-18-33/h3-28,40-43H,29H2,1-2H3/t40-,41+,42-/m0/s1. The van der Waals surface area contributed by atoms with Gasteiger partial charge in [0.2, 0.25) is 0 Å². The van der Waals surface area contributed by atoms with E-state index in [2.05, 4.69) is 182 Å². The topological polar surface area (TPSA) is 15.3 Å². The highest BCUT2D eigenvalue weighted by molar-refractivity contribution is 5.73. The lowest BCUT2D eigenvalue weighted by atomic mass is 9.68. The lowest BCUT2D eigenvalue weighted by Crippen LogP contribution is -2.45. The number of benzene rings is 6. The van der Waals surface area contributed by atoms with E-state index in [9.17, 15) is 0 Å². The van der Waals surface area contributed by atoms with E-state index >= 15 is 0 Å². The van der Waals surface area contributed by atoms with Crippen molar-refractivity contribution in [2.75, 3.05) is 10.2 Å². The molecular formula is C42H38N2. The second kappa shape index (κ2) is 12.3. The van der Waals surface area contributed by atoms with E-state index in [1.165, 1.54) is 44.8 Å². The Morgan fingerprint density at radius 2 is 1.20 bits per heavy atom. The Hall–Kier alpha value is -5.08. The van der Waals surface area contributed by atoms with Gasteiger partial charge in [-0.2, -0.15) is 0 Å². The van der Waals surface area contributed by atoms with Crippen molar-refractivity contribution >= 4 is 22.7 Å². The SMILES string of the molecule is Cc1cccc(Nc2ccc([C@@H]3c4ccccc4N(c4cccc(C)c4)[C@@H](Cc4ccccc4)[C@@H]3c3ccccc3)cc2)c1. The van der Waals surface area contributed by atoms with Gasteiger partial charge in [0.25, 0.3) is 0 Å². The molecule has 7 rings (SSSR count). The van der Waals surface area contributed by atoms with Crippen LogP contribution >= 0.6 is 0 Å². The largest absolute Gasteiger partial charge is 0.356 e. The van der Waals surface area contributed by atoms with Crippen LogP contribution in [0.15, 0.2) is 158 Å². The average Bonchev–Trinajstić information content (AvgIpc) is 3.05. The minimum Gasteiger partial charge on any atom is -0.356 e. The van der Waals surface area contributed by atoms with Gasteiger partial charge < -0.3 is 10.2 Å². The molecule has 0 amide bonds. The van der Waals surface area contributed by atoms with E-state index in [-0.39, 0.29) is 17.9 Å². The Bertz CT molecular complexity index is 1840. The second-order valence-electron chi connectivity index (χ2n) is 12.1. The zero-order chi connectivity index (χ0) is 29.9. The summed E-state index contributed by atoms with van der Waals surface area (Å²) < 4.78 is 0. The third kappa shape index (κ3) is 5.64. The predicted octanol–water partition coefficient (Wildman–Crippen LogP) is 10.7. The van der Waals surface area contributed by atoms with Crippen molar-refractivity contribution in [1.29, 1.82) is 0 Å². The van der Waals surface area contributed by atoms with Crippen molar-refractivity contribution in [3.63, 3.8) is 0 Å². The van der Waals surface area contributed by atoms with Crippen molar-refractivity contribution < 1.29 is 0 Å². The molecule has 3 atom stereocenters. The van der Waals surface area contributed by atoms with Crippen molar-refractivity contribution in [1.82, 2.24) is 0 Å².